The van der Waals surface area contributed by atoms with E-state index in [1.165, 1.54) is 270 Å². The molecule has 0 aliphatic rings. The monoisotopic (exact) mass is 1160 g/mol. The molecular weight excluding hydrogens is 1020 g/mol. The zero-order valence-corrected chi connectivity index (χ0v) is 55.7. The third-order valence-electron chi connectivity index (χ3n) is 16.5. The largest absolute Gasteiger partial charge is 0.462 e. The van der Waals surface area contributed by atoms with Crippen molar-refractivity contribution in [2.75, 3.05) is 13.2 Å². The van der Waals surface area contributed by atoms with Gasteiger partial charge in [-0.1, -0.05) is 351 Å². The molecule has 6 heteroatoms. The molecule has 0 radical (unpaired) electrons. The van der Waals surface area contributed by atoms with Gasteiger partial charge in [0, 0.05) is 19.3 Å². The maximum Gasteiger partial charge on any atom is 0.306 e. The summed E-state index contributed by atoms with van der Waals surface area (Å²) < 4.78 is 17.0. The fourth-order valence-corrected chi connectivity index (χ4v) is 11.0. The van der Waals surface area contributed by atoms with Crippen molar-refractivity contribution in [1.82, 2.24) is 0 Å². The van der Waals surface area contributed by atoms with Crippen molar-refractivity contribution in [2.24, 2.45) is 0 Å². The minimum Gasteiger partial charge on any atom is -0.462 e. The third kappa shape index (κ3) is 69.8. The van der Waals surface area contributed by atoms with Crippen LogP contribution in [0.3, 0.4) is 0 Å². The number of unbranched alkanes of at least 4 members (excludes halogenated alkanes) is 47. The van der Waals surface area contributed by atoms with Crippen LogP contribution in [0.5, 0.6) is 0 Å². The first-order valence-corrected chi connectivity index (χ1v) is 36.8. The van der Waals surface area contributed by atoms with Crippen molar-refractivity contribution in [3.63, 3.8) is 0 Å². The molecule has 0 fully saturated rings. The van der Waals surface area contributed by atoms with Gasteiger partial charge < -0.3 is 14.2 Å². The first-order valence-electron chi connectivity index (χ1n) is 36.8. The number of hydrogen-bond donors (Lipinski definition) is 0. The summed E-state index contributed by atoms with van der Waals surface area (Å²) >= 11 is 0. The van der Waals surface area contributed by atoms with Crippen LogP contribution in [0.25, 0.3) is 0 Å². The van der Waals surface area contributed by atoms with E-state index in [2.05, 4.69) is 81.5 Å². The van der Waals surface area contributed by atoms with Gasteiger partial charge >= 0.3 is 17.9 Å². The molecular formula is C77H140O6. The third-order valence-corrected chi connectivity index (χ3v) is 16.5. The molecule has 6 nitrogen and oxygen atoms in total. The van der Waals surface area contributed by atoms with Gasteiger partial charge in [0.15, 0.2) is 6.10 Å². The molecule has 0 spiro atoms. The highest BCUT2D eigenvalue weighted by Gasteiger charge is 2.19. The van der Waals surface area contributed by atoms with E-state index in [0.717, 1.165) is 83.5 Å². The number of rotatable bonds is 68. The molecule has 0 aliphatic heterocycles. The summed E-state index contributed by atoms with van der Waals surface area (Å²) in [5.41, 5.74) is 0. The van der Waals surface area contributed by atoms with E-state index in [9.17, 15) is 14.4 Å². The standard InChI is InChI=1S/C77H140O6/c1-4-7-10-13-16-19-22-25-28-31-34-36-37-38-39-41-43-46-49-52-55-58-61-64-67-70-76(79)82-73-74(72-81-75(78)69-66-63-60-57-54-51-48-45-42-33-30-27-24-21-18-15-12-9-6-3)83-77(80)71-68-65-62-59-56-53-50-47-44-40-35-32-29-26-23-20-17-14-11-8-5-2/h7,10,16,19,25,27-28,30,34,36,74H,4-6,8-9,11-15,17-18,20-24,26,29,31-33,35,37-73H2,1-3H3/b10-7-,19-16-,28-25-,30-27-,36-34-. The lowest BCUT2D eigenvalue weighted by Crippen LogP contribution is -2.30. The van der Waals surface area contributed by atoms with Crippen molar-refractivity contribution in [2.45, 2.75) is 399 Å². The molecule has 0 aromatic rings. The number of hydrogen-bond acceptors (Lipinski definition) is 6. The van der Waals surface area contributed by atoms with Gasteiger partial charge in [0.05, 0.1) is 0 Å². The van der Waals surface area contributed by atoms with Crippen LogP contribution in [0.1, 0.15) is 393 Å². The second kappa shape index (κ2) is 71.6. The molecule has 0 aliphatic carbocycles. The Hall–Kier alpha value is -2.89. The predicted molar refractivity (Wildman–Crippen MR) is 362 cm³/mol. The summed E-state index contributed by atoms with van der Waals surface area (Å²) in [4.78, 5) is 38.6. The van der Waals surface area contributed by atoms with Gasteiger partial charge in [0.1, 0.15) is 13.2 Å². The van der Waals surface area contributed by atoms with E-state index in [4.69, 9.17) is 14.2 Å². The molecule has 83 heavy (non-hydrogen) atoms. The van der Waals surface area contributed by atoms with Gasteiger partial charge in [-0.25, -0.2) is 0 Å². The van der Waals surface area contributed by atoms with Gasteiger partial charge in [0.25, 0.3) is 0 Å². The smallest absolute Gasteiger partial charge is 0.306 e. The maximum absolute atomic E-state index is 13.0. The summed E-state index contributed by atoms with van der Waals surface area (Å²) in [6.07, 6.45) is 92.5. The predicted octanol–water partition coefficient (Wildman–Crippen LogP) is 25.5. The molecule has 1 unspecified atom stereocenters. The van der Waals surface area contributed by atoms with Crippen LogP contribution in [-0.4, -0.2) is 37.2 Å². The van der Waals surface area contributed by atoms with Crippen molar-refractivity contribution in [1.29, 1.82) is 0 Å². The molecule has 0 saturated carbocycles. The average molecular weight is 1160 g/mol. The zero-order valence-electron chi connectivity index (χ0n) is 55.7. The second-order valence-electron chi connectivity index (χ2n) is 24.8. The van der Waals surface area contributed by atoms with E-state index in [-0.39, 0.29) is 31.1 Å². The molecule has 0 N–H and O–H groups in total. The first-order chi connectivity index (χ1) is 41.0. The van der Waals surface area contributed by atoms with Crippen molar-refractivity contribution < 1.29 is 28.6 Å². The number of carbonyl (C=O) groups is 3. The Kier molecular flexibility index (Phi) is 69.1. The molecule has 0 heterocycles. The molecule has 0 aromatic carbocycles. The normalized spacial score (nSPS) is 12.4. The lowest BCUT2D eigenvalue weighted by atomic mass is 10.0. The Labute approximate surface area is 517 Å². The lowest BCUT2D eigenvalue weighted by Gasteiger charge is -2.18. The topological polar surface area (TPSA) is 78.9 Å². The van der Waals surface area contributed by atoms with Crippen LogP contribution >= 0.6 is 0 Å². The highest BCUT2D eigenvalue weighted by atomic mass is 16.6. The molecule has 0 bridgehead atoms. The Morgan fingerprint density at radius 3 is 0.747 bits per heavy atom. The SMILES string of the molecule is CC/C=C\C/C=C\C/C=C\C/C=C\CCCCCCCCCCCCCCC(=O)OCC(COC(=O)CCCCCCCCCCC/C=C\CCCCCCCC)OC(=O)CCCCCCCCCCCCCCCCCCCCCCC. The van der Waals surface area contributed by atoms with Crippen LogP contribution in [0, 0.1) is 0 Å². The van der Waals surface area contributed by atoms with E-state index in [0.29, 0.717) is 19.3 Å². The number of ether oxygens (including phenoxy) is 3. The summed E-state index contributed by atoms with van der Waals surface area (Å²) in [6, 6.07) is 0. The highest BCUT2D eigenvalue weighted by Crippen LogP contribution is 2.19. The fourth-order valence-electron chi connectivity index (χ4n) is 11.0. The number of carbonyl (C=O) groups excluding carboxylic acids is 3. The quantitative estimate of drug-likeness (QED) is 0.0261. The van der Waals surface area contributed by atoms with Crippen molar-refractivity contribution in [3.8, 4) is 0 Å². The number of allylic oxidation sites excluding steroid dienone is 10. The van der Waals surface area contributed by atoms with E-state index < -0.39 is 6.10 Å². The lowest BCUT2D eigenvalue weighted by molar-refractivity contribution is -0.167. The number of esters is 3. The Morgan fingerprint density at radius 1 is 0.253 bits per heavy atom. The van der Waals surface area contributed by atoms with E-state index in [1.54, 1.807) is 0 Å². The molecule has 0 aromatic heterocycles. The van der Waals surface area contributed by atoms with Gasteiger partial charge in [0.2, 0.25) is 0 Å². The van der Waals surface area contributed by atoms with Crippen LogP contribution < -0.4 is 0 Å². The Balaban J connectivity index is 4.32. The summed E-state index contributed by atoms with van der Waals surface area (Å²) in [7, 11) is 0. The summed E-state index contributed by atoms with van der Waals surface area (Å²) in [6.45, 7) is 6.60. The Morgan fingerprint density at radius 2 is 0.470 bits per heavy atom. The molecule has 0 amide bonds. The van der Waals surface area contributed by atoms with Crippen molar-refractivity contribution in [3.05, 3.63) is 60.8 Å². The minimum absolute atomic E-state index is 0.0707. The van der Waals surface area contributed by atoms with Gasteiger partial charge in [-0.05, 0) is 83.5 Å². The zero-order chi connectivity index (χ0) is 59.9. The van der Waals surface area contributed by atoms with Gasteiger partial charge in [-0.15, -0.1) is 0 Å². The van der Waals surface area contributed by atoms with E-state index in [1.807, 2.05) is 0 Å². The summed E-state index contributed by atoms with van der Waals surface area (Å²) in [5, 5.41) is 0. The van der Waals surface area contributed by atoms with Crippen LogP contribution in [0.2, 0.25) is 0 Å². The van der Waals surface area contributed by atoms with Crippen LogP contribution in [0.4, 0.5) is 0 Å². The summed E-state index contributed by atoms with van der Waals surface area (Å²) in [5.74, 6) is -0.845. The maximum atomic E-state index is 13.0. The molecule has 0 rings (SSSR count). The average Bonchev–Trinajstić information content (AvgIpc) is 3.50. The second-order valence-corrected chi connectivity index (χ2v) is 24.8. The van der Waals surface area contributed by atoms with Gasteiger partial charge in [-0.2, -0.15) is 0 Å². The fraction of sp³-hybridized carbons (Fsp3) is 0.831. The highest BCUT2D eigenvalue weighted by molar-refractivity contribution is 5.71. The Bertz CT molecular complexity index is 1470. The minimum atomic E-state index is -0.775. The molecule has 484 valence electrons. The van der Waals surface area contributed by atoms with Crippen molar-refractivity contribution >= 4 is 17.9 Å². The van der Waals surface area contributed by atoms with E-state index >= 15 is 0 Å². The first kappa shape index (κ1) is 80.1. The molecule has 0 saturated heterocycles. The van der Waals surface area contributed by atoms with Crippen LogP contribution in [0.15, 0.2) is 60.8 Å². The molecule has 1 atom stereocenters. The van der Waals surface area contributed by atoms with Crippen LogP contribution in [-0.2, 0) is 28.6 Å². The van der Waals surface area contributed by atoms with Gasteiger partial charge in [-0.3, -0.25) is 14.4 Å².